The number of aromatic nitrogens is 2. The number of pyridine rings is 1. The van der Waals surface area contributed by atoms with Crippen molar-refractivity contribution in [1.82, 2.24) is 9.55 Å². The van der Waals surface area contributed by atoms with Crippen molar-refractivity contribution in [1.29, 1.82) is 0 Å². The third-order valence-electron chi connectivity index (χ3n) is 13.3. The molecule has 0 bridgehead atoms. The van der Waals surface area contributed by atoms with Gasteiger partial charge in [-0.1, -0.05) is 171 Å². The first-order chi connectivity index (χ1) is 31.7. The molecule has 0 atom stereocenters. The van der Waals surface area contributed by atoms with Crippen LogP contribution in [0.25, 0.3) is 44.4 Å². The van der Waals surface area contributed by atoms with Crippen LogP contribution in [0.1, 0.15) is 83.2 Å². The van der Waals surface area contributed by atoms with Crippen LogP contribution in [0.5, 0.6) is 11.5 Å². The number of nitrogens with zero attached hydrogens (tertiary/aromatic N) is 4. The molecule has 5 nitrogen and oxygen atoms in total. The Hall–Kier alpha value is -7.37. The number of fused-ring (bicyclic) bond motifs is 3. The summed E-state index contributed by atoms with van der Waals surface area (Å²) in [5.41, 5.74) is 13.7. The Morgan fingerprint density at radius 2 is 1.09 bits per heavy atom. The molecule has 328 valence electrons. The summed E-state index contributed by atoms with van der Waals surface area (Å²) in [5.74, 6) is 2.40. The fraction of sp³-hybridized carbons (Fsp3) is 0.197. The summed E-state index contributed by atoms with van der Waals surface area (Å²) in [6.07, 6.45) is 4.25. The highest BCUT2D eigenvalue weighted by Gasteiger charge is 2.30. The van der Waals surface area contributed by atoms with Crippen LogP contribution in [0.15, 0.2) is 194 Å². The number of para-hydroxylation sites is 1. The molecule has 0 spiro atoms. The molecule has 0 radical (unpaired) electrons. The average Bonchev–Trinajstić information content (AvgIpc) is 3.92. The van der Waals surface area contributed by atoms with Gasteiger partial charge in [-0.25, -0.2) is 4.98 Å². The molecule has 0 saturated carbocycles. The summed E-state index contributed by atoms with van der Waals surface area (Å²) in [6.45, 7) is 19.0. The molecular formula is C61H58N4O. The standard InChI is InChI=1S/C61H58N4O/c1-59(2,3)46-30-31-62-58(37-46)65-55-27-19-18-26-53(55)54-29-28-51(39-56(54)65)66-52-33-44(42-20-12-9-13-21-42)32-50(38-52)64-41-63(40-57(64)43-22-14-10-15-23-43)49-35-47(60(4,5)6)34-48(36-49)61(7,8)45-24-16-11-17-25-45/h9-40H,41H2,1-8H3. The lowest BCUT2D eigenvalue weighted by molar-refractivity contribution is 0.483. The van der Waals surface area contributed by atoms with Crippen molar-refractivity contribution in [3.63, 3.8) is 0 Å². The summed E-state index contributed by atoms with van der Waals surface area (Å²) in [7, 11) is 0. The van der Waals surface area contributed by atoms with E-state index in [1.165, 1.54) is 33.3 Å². The zero-order chi connectivity index (χ0) is 45.8. The van der Waals surface area contributed by atoms with E-state index in [4.69, 9.17) is 9.72 Å². The second-order valence-electron chi connectivity index (χ2n) is 20.3. The van der Waals surface area contributed by atoms with E-state index in [1.807, 2.05) is 6.20 Å². The maximum Gasteiger partial charge on any atom is 0.137 e. The molecule has 0 amide bonds. The second kappa shape index (κ2) is 16.6. The molecule has 1 aliphatic rings. The minimum Gasteiger partial charge on any atom is -0.457 e. The van der Waals surface area contributed by atoms with Crippen LogP contribution in [0.2, 0.25) is 0 Å². The van der Waals surface area contributed by atoms with Crippen LogP contribution >= 0.6 is 0 Å². The summed E-state index contributed by atoms with van der Waals surface area (Å²) >= 11 is 0. The van der Waals surface area contributed by atoms with Gasteiger partial charge in [-0.15, -0.1) is 0 Å². The number of anilines is 2. The van der Waals surface area contributed by atoms with Gasteiger partial charge in [0.15, 0.2) is 0 Å². The molecule has 9 aromatic rings. The first kappa shape index (κ1) is 42.6. The minimum absolute atomic E-state index is 0.0210. The van der Waals surface area contributed by atoms with Crippen molar-refractivity contribution in [2.24, 2.45) is 0 Å². The van der Waals surface area contributed by atoms with Crippen molar-refractivity contribution >= 4 is 38.9 Å². The predicted molar refractivity (Wildman–Crippen MR) is 277 cm³/mol. The van der Waals surface area contributed by atoms with E-state index < -0.39 is 0 Å². The predicted octanol–water partition coefficient (Wildman–Crippen LogP) is 15.8. The van der Waals surface area contributed by atoms with Crippen LogP contribution in [0.4, 0.5) is 11.4 Å². The Labute approximate surface area is 390 Å². The van der Waals surface area contributed by atoms with Gasteiger partial charge in [0, 0.05) is 52.1 Å². The Morgan fingerprint density at radius 1 is 0.455 bits per heavy atom. The van der Waals surface area contributed by atoms with Gasteiger partial charge in [0.2, 0.25) is 0 Å². The summed E-state index contributed by atoms with van der Waals surface area (Å²) in [6, 6.07) is 65.4. The molecule has 66 heavy (non-hydrogen) atoms. The smallest absolute Gasteiger partial charge is 0.137 e. The SMILES string of the molecule is CC(C)(C)c1cc(N2C=C(c3ccccc3)N(c3cc(Oc4ccc5c6ccccc6n(-c6cc(C(C)(C)C)ccn6)c5c4)cc(-c4ccccc4)c3)C2)cc(C(C)(C)c2ccccc2)c1. The number of rotatable bonds is 9. The first-order valence-electron chi connectivity index (χ1n) is 23.1. The molecule has 0 saturated heterocycles. The lowest BCUT2D eigenvalue weighted by Gasteiger charge is -2.31. The fourth-order valence-electron chi connectivity index (χ4n) is 9.29. The van der Waals surface area contributed by atoms with Gasteiger partial charge in [-0.05, 0) is 104 Å². The summed E-state index contributed by atoms with van der Waals surface area (Å²) < 4.78 is 9.29. The average molecular weight is 863 g/mol. The van der Waals surface area contributed by atoms with E-state index >= 15 is 0 Å². The number of hydrogen-bond acceptors (Lipinski definition) is 4. The van der Waals surface area contributed by atoms with Crippen LogP contribution in [0, 0.1) is 0 Å². The van der Waals surface area contributed by atoms with E-state index in [9.17, 15) is 0 Å². The Bertz CT molecular complexity index is 3240. The van der Waals surface area contributed by atoms with Crippen LogP contribution in [-0.2, 0) is 16.2 Å². The van der Waals surface area contributed by atoms with Gasteiger partial charge in [-0.3, -0.25) is 4.57 Å². The Kier molecular flexibility index (Phi) is 10.7. The van der Waals surface area contributed by atoms with E-state index in [0.29, 0.717) is 6.67 Å². The molecule has 0 N–H and O–H groups in total. The van der Waals surface area contributed by atoms with Crippen LogP contribution < -0.4 is 14.5 Å². The molecule has 0 fully saturated rings. The van der Waals surface area contributed by atoms with Crippen molar-refractivity contribution in [3.8, 4) is 28.4 Å². The van der Waals surface area contributed by atoms with Gasteiger partial charge in [0.25, 0.3) is 0 Å². The Balaban J connectivity index is 1.09. The lowest BCUT2D eigenvalue weighted by atomic mass is 9.75. The van der Waals surface area contributed by atoms with Gasteiger partial charge in [0.1, 0.15) is 17.3 Å². The maximum absolute atomic E-state index is 7.02. The second-order valence-corrected chi connectivity index (χ2v) is 20.3. The minimum atomic E-state index is -0.205. The van der Waals surface area contributed by atoms with Gasteiger partial charge in [-0.2, -0.15) is 0 Å². The normalized spacial score (nSPS) is 13.4. The highest BCUT2D eigenvalue weighted by atomic mass is 16.5. The highest BCUT2D eigenvalue weighted by Crippen LogP contribution is 2.43. The van der Waals surface area contributed by atoms with Gasteiger partial charge < -0.3 is 14.5 Å². The zero-order valence-corrected chi connectivity index (χ0v) is 39.4. The number of benzene rings is 7. The molecular weight excluding hydrogens is 805 g/mol. The largest absolute Gasteiger partial charge is 0.457 e. The third-order valence-corrected chi connectivity index (χ3v) is 13.3. The van der Waals surface area contributed by atoms with Gasteiger partial charge in [0.05, 0.1) is 23.4 Å². The van der Waals surface area contributed by atoms with E-state index in [0.717, 1.165) is 61.8 Å². The van der Waals surface area contributed by atoms with E-state index in [-0.39, 0.29) is 16.2 Å². The van der Waals surface area contributed by atoms with E-state index in [1.54, 1.807) is 0 Å². The number of ether oxygens (including phenoxy) is 1. The molecule has 2 aromatic heterocycles. The molecule has 3 heterocycles. The van der Waals surface area contributed by atoms with Crippen LogP contribution in [-0.4, -0.2) is 16.2 Å². The molecule has 10 rings (SSSR count). The monoisotopic (exact) mass is 862 g/mol. The molecule has 0 aliphatic carbocycles. The van der Waals surface area contributed by atoms with Gasteiger partial charge >= 0.3 is 0 Å². The molecule has 5 heteroatoms. The molecule has 7 aromatic carbocycles. The zero-order valence-electron chi connectivity index (χ0n) is 39.4. The third kappa shape index (κ3) is 8.15. The lowest BCUT2D eigenvalue weighted by Crippen LogP contribution is -2.27. The maximum atomic E-state index is 7.02. The van der Waals surface area contributed by atoms with E-state index in [2.05, 4.69) is 258 Å². The van der Waals surface area contributed by atoms with Crippen molar-refractivity contribution in [3.05, 3.63) is 222 Å². The Morgan fingerprint density at radius 3 is 1.80 bits per heavy atom. The summed E-state index contributed by atoms with van der Waals surface area (Å²) in [4.78, 5) is 9.76. The van der Waals surface area contributed by atoms with Crippen molar-refractivity contribution in [2.45, 2.75) is 71.6 Å². The van der Waals surface area contributed by atoms with Crippen LogP contribution in [0.3, 0.4) is 0 Å². The van der Waals surface area contributed by atoms with Crippen molar-refractivity contribution in [2.75, 3.05) is 16.5 Å². The summed E-state index contributed by atoms with van der Waals surface area (Å²) in [5, 5.41) is 2.33. The van der Waals surface area contributed by atoms with Crippen molar-refractivity contribution < 1.29 is 4.74 Å². The first-order valence-corrected chi connectivity index (χ1v) is 23.1. The topological polar surface area (TPSA) is 33.5 Å². The fourth-order valence-corrected chi connectivity index (χ4v) is 9.29. The number of hydrogen-bond donors (Lipinski definition) is 0. The quantitative estimate of drug-likeness (QED) is 0.145. The molecule has 0 unspecified atom stereocenters. The highest BCUT2D eigenvalue weighted by molar-refractivity contribution is 6.09. The molecule has 1 aliphatic heterocycles.